The lowest BCUT2D eigenvalue weighted by Gasteiger charge is -2.23. The van der Waals surface area contributed by atoms with Crippen molar-refractivity contribution in [2.75, 3.05) is 12.8 Å². The summed E-state index contributed by atoms with van der Waals surface area (Å²) in [4.78, 5) is 13.2. The number of anilines is 1. The number of hydrogen-bond acceptors (Lipinski definition) is 3. The predicted octanol–water partition coefficient (Wildman–Crippen LogP) is 0.499. The van der Waals surface area contributed by atoms with Crippen LogP contribution >= 0.6 is 0 Å². The molecule has 1 saturated heterocycles. The number of rotatable bonds is 1. The van der Waals surface area contributed by atoms with Gasteiger partial charge in [0.05, 0.1) is 6.04 Å². The van der Waals surface area contributed by atoms with Crippen molar-refractivity contribution in [1.29, 1.82) is 0 Å². The lowest BCUT2D eigenvalue weighted by molar-refractivity contribution is -0.127. The second-order valence-corrected chi connectivity index (χ2v) is 3.98. The number of benzene rings is 1. The second-order valence-electron chi connectivity index (χ2n) is 3.98. The van der Waals surface area contributed by atoms with Crippen LogP contribution in [0.25, 0.3) is 0 Å². The van der Waals surface area contributed by atoms with E-state index in [-0.39, 0.29) is 18.0 Å². The molecule has 1 aliphatic rings. The smallest absolute Gasteiger partial charge is 0.224 e. The molecule has 1 amide bonds. The van der Waals surface area contributed by atoms with E-state index in [1.165, 1.54) is 0 Å². The molecule has 4 heteroatoms. The molecule has 2 rings (SSSR count). The maximum atomic E-state index is 11.5. The van der Waals surface area contributed by atoms with Crippen molar-refractivity contribution in [3.05, 3.63) is 29.8 Å². The summed E-state index contributed by atoms with van der Waals surface area (Å²) in [6, 6.07) is 7.38. The molecular formula is C11H15N3O. The lowest BCUT2D eigenvalue weighted by atomic mass is 10.0. The van der Waals surface area contributed by atoms with E-state index in [9.17, 15) is 4.79 Å². The predicted molar refractivity (Wildman–Crippen MR) is 59.0 cm³/mol. The molecule has 4 N–H and O–H groups in total. The van der Waals surface area contributed by atoms with E-state index in [1.54, 1.807) is 11.9 Å². The largest absolute Gasteiger partial charge is 0.399 e. The molecule has 0 bridgehead atoms. The van der Waals surface area contributed by atoms with Gasteiger partial charge in [0.15, 0.2) is 0 Å². The highest BCUT2D eigenvalue weighted by Gasteiger charge is 2.35. The minimum Gasteiger partial charge on any atom is -0.399 e. The summed E-state index contributed by atoms with van der Waals surface area (Å²) in [6.45, 7) is 0. The van der Waals surface area contributed by atoms with Crippen LogP contribution in [0.2, 0.25) is 0 Å². The topological polar surface area (TPSA) is 72.3 Å². The molecule has 80 valence electrons. The van der Waals surface area contributed by atoms with Gasteiger partial charge in [0.1, 0.15) is 0 Å². The van der Waals surface area contributed by atoms with Crippen molar-refractivity contribution in [3.8, 4) is 0 Å². The van der Waals surface area contributed by atoms with Gasteiger partial charge in [0, 0.05) is 25.2 Å². The first-order valence-corrected chi connectivity index (χ1v) is 4.96. The van der Waals surface area contributed by atoms with Crippen molar-refractivity contribution in [2.45, 2.75) is 18.5 Å². The molecule has 0 unspecified atom stereocenters. The average Bonchev–Trinajstić information content (AvgIpc) is 2.44. The van der Waals surface area contributed by atoms with Gasteiger partial charge in [0.25, 0.3) is 0 Å². The first-order chi connectivity index (χ1) is 7.09. The van der Waals surface area contributed by atoms with Crippen molar-refractivity contribution in [3.63, 3.8) is 0 Å². The molecular weight excluding hydrogens is 190 g/mol. The Morgan fingerprint density at radius 3 is 2.40 bits per heavy atom. The molecule has 1 aromatic rings. The average molecular weight is 205 g/mol. The Balaban J connectivity index is 2.30. The molecule has 1 aliphatic heterocycles. The molecule has 0 spiro atoms. The second kappa shape index (κ2) is 3.55. The van der Waals surface area contributed by atoms with Gasteiger partial charge in [0.2, 0.25) is 5.91 Å². The molecule has 1 aromatic carbocycles. The molecule has 0 radical (unpaired) electrons. The van der Waals surface area contributed by atoms with Gasteiger partial charge in [-0.3, -0.25) is 4.79 Å². The van der Waals surface area contributed by atoms with Crippen LogP contribution < -0.4 is 11.5 Å². The number of likely N-dealkylation sites (tertiary alicyclic amines) is 1. The third kappa shape index (κ3) is 1.68. The SMILES string of the molecule is CN1C(=O)C[C@H](N)[C@H]1c1ccc(N)cc1. The quantitative estimate of drug-likeness (QED) is 0.656. The van der Waals surface area contributed by atoms with Crippen LogP contribution in [0.1, 0.15) is 18.0 Å². The summed E-state index contributed by atoms with van der Waals surface area (Å²) in [6.07, 6.45) is 0.422. The Bertz CT molecular complexity index is 374. The molecule has 15 heavy (non-hydrogen) atoms. The molecule has 2 atom stereocenters. The number of carbonyl (C=O) groups excluding carboxylic acids is 1. The Hall–Kier alpha value is -1.55. The number of likely N-dealkylation sites (N-methyl/N-ethyl adjacent to an activating group) is 1. The number of carbonyl (C=O) groups is 1. The molecule has 0 aromatic heterocycles. The summed E-state index contributed by atoms with van der Waals surface area (Å²) in [5.41, 5.74) is 13.3. The zero-order chi connectivity index (χ0) is 11.0. The fourth-order valence-corrected chi connectivity index (χ4v) is 2.06. The normalized spacial score (nSPS) is 26.0. The Morgan fingerprint density at radius 1 is 1.33 bits per heavy atom. The molecule has 0 saturated carbocycles. The van der Waals surface area contributed by atoms with Crippen molar-refractivity contribution >= 4 is 11.6 Å². The Morgan fingerprint density at radius 2 is 1.93 bits per heavy atom. The van der Waals surface area contributed by atoms with Crippen molar-refractivity contribution < 1.29 is 4.79 Å². The van der Waals surface area contributed by atoms with E-state index in [4.69, 9.17) is 11.5 Å². The van der Waals surface area contributed by atoms with Crippen LogP contribution in [0.5, 0.6) is 0 Å². The van der Waals surface area contributed by atoms with E-state index in [2.05, 4.69) is 0 Å². The van der Waals surface area contributed by atoms with Gasteiger partial charge in [-0.05, 0) is 17.7 Å². The molecule has 0 aliphatic carbocycles. The molecule has 1 heterocycles. The Kier molecular flexibility index (Phi) is 2.36. The van der Waals surface area contributed by atoms with Gasteiger partial charge in [-0.2, -0.15) is 0 Å². The van der Waals surface area contributed by atoms with Gasteiger partial charge < -0.3 is 16.4 Å². The highest BCUT2D eigenvalue weighted by Crippen LogP contribution is 2.30. The fraction of sp³-hybridized carbons (Fsp3) is 0.364. The summed E-state index contributed by atoms with van der Waals surface area (Å²) in [7, 11) is 1.79. The van der Waals surface area contributed by atoms with E-state index in [0.29, 0.717) is 6.42 Å². The highest BCUT2D eigenvalue weighted by atomic mass is 16.2. The number of nitrogens with two attached hydrogens (primary N) is 2. The zero-order valence-electron chi connectivity index (χ0n) is 8.68. The van der Waals surface area contributed by atoms with E-state index >= 15 is 0 Å². The summed E-state index contributed by atoms with van der Waals surface area (Å²) in [5.74, 6) is 0.101. The molecule has 1 fully saturated rings. The van der Waals surface area contributed by atoms with Gasteiger partial charge in [-0.15, -0.1) is 0 Å². The zero-order valence-corrected chi connectivity index (χ0v) is 8.68. The van der Waals surface area contributed by atoms with Gasteiger partial charge in [-0.25, -0.2) is 0 Å². The van der Waals surface area contributed by atoms with Crippen LogP contribution in [0.15, 0.2) is 24.3 Å². The minimum atomic E-state index is -0.119. The van der Waals surface area contributed by atoms with Crippen LogP contribution in [0.4, 0.5) is 5.69 Å². The monoisotopic (exact) mass is 205 g/mol. The lowest BCUT2D eigenvalue weighted by Crippen LogP contribution is -2.30. The first kappa shape index (κ1) is 9.98. The maximum Gasteiger partial charge on any atom is 0.224 e. The van der Waals surface area contributed by atoms with Crippen molar-refractivity contribution in [2.24, 2.45) is 5.73 Å². The fourth-order valence-electron chi connectivity index (χ4n) is 2.06. The van der Waals surface area contributed by atoms with Crippen molar-refractivity contribution in [1.82, 2.24) is 4.90 Å². The van der Waals surface area contributed by atoms with Gasteiger partial charge >= 0.3 is 0 Å². The summed E-state index contributed by atoms with van der Waals surface area (Å²) in [5, 5.41) is 0. The maximum absolute atomic E-state index is 11.5. The minimum absolute atomic E-state index is 0.0156. The third-order valence-corrected chi connectivity index (χ3v) is 2.90. The van der Waals surface area contributed by atoms with Crippen LogP contribution in [0, 0.1) is 0 Å². The summed E-state index contributed by atoms with van der Waals surface area (Å²) >= 11 is 0. The summed E-state index contributed by atoms with van der Waals surface area (Å²) < 4.78 is 0. The first-order valence-electron chi connectivity index (χ1n) is 4.96. The number of amides is 1. The van der Waals surface area contributed by atoms with Gasteiger partial charge in [-0.1, -0.05) is 12.1 Å². The third-order valence-electron chi connectivity index (χ3n) is 2.90. The van der Waals surface area contributed by atoms with Crippen LogP contribution in [0.3, 0.4) is 0 Å². The number of nitrogen functional groups attached to an aromatic ring is 1. The van der Waals surface area contributed by atoms with E-state index in [0.717, 1.165) is 11.3 Å². The Labute approximate surface area is 88.9 Å². The number of nitrogens with zero attached hydrogens (tertiary/aromatic N) is 1. The van der Waals surface area contributed by atoms with E-state index < -0.39 is 0 Å². The standard InChI is InChI=1S/C11H15N3O/c1-14-10(15)6-9(13)11(14)7-2-4-8(12)5-3-7/h2-5,9,11H,6,12-13H2,1H3/t9-,11+/m0/s1. The van der Waals surface area contributed by atoms with E-state index in [1.807, 2.05) is 24.3 Å². The van der Waals surface area contributed by atoms with Crippen LogP contribution in [-0.2, 0) is 4.79 Å². The highest BCUT2D eigenvalue weighted by molar-refractivity contribution is 5.80. The molecule has 4 nitrogen and oxygen atoms in total. The number of hydrogen-bond donors (Lipinski definition) is 2. The van der Waals surface area contributed by atoms with Crippen LogP contribution in [-0.4, -0.2) is 23.9 Å².